The van der Waals surface area contributed by atoms with Crippen molar-refractivity contribution in [3.05, 3.63) is 35.4 Å². The Hall–Kier alpha value is -0.470. The number of rotatable bonds is 5. The van der Waals surface area contributed by atoms with Crippen LogP contribution >= 0.6 is 11.8 Å². The Kier molecular flexibility index (Phi) is 4.49. The van der Waals surface area contributed by atoms with Crippen molar-refractivity contribution in [3.8, 4) is 0 Å². The molecule has 19 heavy (non-hydrogen) atoms. The Morgan fingerprint density at radius 2 is 2.00 bits per heavy atom. The molecule has 2 atom stereocenters. The van der Waals surface area contributed by atoms with Crippen molar-refractivity contribution < 1.29 is 0 Å². The highest BCUT2D eigenvalue weighted by Crippen LogP contribution is 2.40. The fourth-order valence-electron chi connectivity index (χ4n) is 3.24. The van der Waals surface area contributed by atoms with Gasteiger partial charge in [-0.25, -0.2) is 0 Å². The van der Waals surface area contributed by atoms with E-state index in [0.717, 1.165) is 17.7 Å². The number of thioether (sulfide) groups is 1. The molecule has 0 heterocycles. The summed E-state index contributed by atoms with van der Waals surface area (Å²) < 4.78 is 0. The molecule has 2 aliphatic rings. The van der Waals surface area contributed by atoms with Crippen molar-refractivity contribution in [2.75, 3.05) is 6.26 Å². The average molecular weight is 275 g/mol. The first-order valence-electron chi connectivity index (χ1n) is 7.72. The Labute approximate surface area is 121 Å². The molecule has 2 fully saturated rings. The van der Waals surface area contributed by atoms with Gasteiger partial charge in [0.15, 0.2) is 0 Å². The van der Waals surface area contributed by atoms with Crippen LogP contribution in [0.15, 0.2) is 24.3 Å². The van der Waals surface area contributed by atoms with Gasteiger partial charge in [0.2, 0.25) is 0 Å². The molecule has 2 heteroatoms. The third kappa shape index (κ3) is 3.55. The van der Waals surface area contributed by atoms with Gasteiger partial charge in [-0.1, -0.05) is 37.1 Å². The van der Waals surface area contributed by atoms with E-state index in [1.807, 2.05) is 11.8 Å². The van der Waals surface area contributed by atoms with E-state index in [0.29, 0.717) is 6.04 Å². The second-order valence-electron chi connectivity index (χ2n) is 6.07. The van der Waals surface area contributed by atoms with Crippen LogP contribution in [0.2, 0.25) is 0 Å². The second-order valence-corrected chi connectivity index (χ2v) is 7.14. The molecule has 0 bridgehead atoms. The Bertz CT molecular complexity index is 413. The fourth-order valence-corrected chi connectivity index (χ4v) is 4.20. The highest BCUT2D eigenvalue weighted by Gasteiger charge is 2.25. The first-order valence-corrected chi connectivity index (χ1v) is 9.00. The highest BCUT2D eigenvalue weighted by atomic mass is 32.2. The summed E-state index contributed by atoms with van der Waals surface area (Å²) in [6.07, 6.45) is 10.6. The number of hydrogen-bond donors (Lipinski definition) is 1. The molecule has 0 amide bonds. The van der Waals surface area contributed by atoms with E-state index in [2.05, 4.69) is 35.8 Å². The lowest BCUT2D eigenvalue weighted by Gasteiger charge is -2.31. The molecule has 3 rings (SSSR count). The minimum atomic E-state index is 0.716. The molecule has 104 valence electrons. The lowest BCUT2D eigenvalue weighted by atomic mass is 9.94. The van der Waals surface area contributed by atoms with Crippen LogP contribution in [0.3, 0.4) is 0 Å². The van der Waals surface area contributed by atoms with Crippen molar-refractivity contribution >= 4 is 11.8 Å². The molecule has 0 aliphatic heterocycles. The van der Waals surface area contributed by atoms with Crippen molar-refractivity contribution in [1.29, 1.82) is 0 Å². The average Bonchev–Trinajstić information content (AvgIpc) is 3.30. The van der Waals surface area contributed by atoms with Gasteiger partial charge < -0.3 is 5.32 Å². The van der Waals surface area contributed by atoms with E-state index < -0.39 is 0 Å². The van der Waals surface area contributed by atoms with E-state index in [4.69, 9.17) is 0 Å². The molecule has 1 aromatic rings. The third-order valence-corrected chi connectivity index (χ3v) is 5.74. The quantitative estimate of drug-likeness (QED) is 0.858. The SMILES string of the molecule is CSC1CCCCC1NCc1cccc(C2CC2)c1. The van der Waals surface area contributed by atoms with Crippen LogP contribution in [-0.2, 0) is 6.54 Å². The summed E-state index contributed by atoms with van der Waals surface area (Å²) in [6.45, 7) is 1.04. The maximum atomic E-state index is 3.80. The number of benzene rings is 1. The van der Waals surface area contributed by atoms with E-state index in [-0.39, 0.29) is 0 Å². The normalized spacial score (nSPS) is 27.4. The van der Waals surface area contributed by atoms with Crippen LogP contribution < -0.4 is 5.32 Å². The van der Waals surface area contributed by atoms with Gasteiger partial charge in [0.25, 0.3) is 0 Å². The minimum absolute atomic E-state index is 0.716. The molecule has 0 aromatic heterocycles. The summed E-state index contributed by atoms with van der Waals surface area (Å²) in [7, 11) is 0. The Balaban J connectivity index is 1.57. The maximum Gasteiger partial charge on any atom is 0.0208 e. The van der Waals surface area contributed by atoms with Crippen LogP contribution in [0.1, 0.15) is 55.6 Å². The largest absolute Gasteiger partial charge is 0.309 e. The van der Waals surface area contributed by atoms with Gasteiger partial charge in [0.05, 0.1) is 0 Å². The Morgan fingerprint density at radius 3 is 2.79 bits per heavy atom. The lowest BCUT2D eigenvalue weighted by molar-refractivity contribution is 0.383. The molecule has 1 aromatic carbocycles. The standard InChI is InChI=1S/C17H25NS/c1-19-17-8-3-2-7-16(17)18-12-13-5-4-6-15(11-13)14-9-10-14/h4-6,11,14,16-18H,2-3,7-10,12H2,1H3. The van der Waals surface area contributed by atoms with Crippen LogP contribution in [-0.4, -0.2) is 17.5 Å². The predicted molar refractivity (Wildman–Crippen MR) is 84.8 cm³/mol. The lowest BCUT2D eigenvalue weighted by Crippen LogP contribution is -2.39. The van der Waals surface area contributed by atoms with Crippen LogP contribution in [0.5, 0.6) is 0 Å². The van der Waals surface area contributed by atoms with E-state index in [9.17, 15) is 0 Å². The van der Waals surface area contributed by atoms with Crippen molar-refractivity contribution in [2.45, 2.75) is 62.3 Å². The molecule has 2 saturated carbocycles. The second kappa shape index (κ2) is 6.32. The molecule has 1 nitrogen and oxygen atoms in total. The zero-order valence-corrected chi connectivity index (χ0v) is 12.7. The smallest absolute Gasteiger partial charge is 0.0208 e. The summed E-state index contributed by atoms with van der Waals surface area (Å²) in [4.78, 5) is 0. The molecular weight excluding hydrogens is 250 g/mol. The zero-order valence-electron chi connectivity index (χ0n) is 11.9. The Morgan fingerprint density at radius 1 is 1.16 bits per heavy atom. The highest BCUT2D eigenvalue weighted by molar-refractivity contribution is 7.99. The van der Waals surface area contributed by atoms with Gasteiger partial charge in [0, 0.05) is 17.8 Å². The summed E-state index contributed by atoms with van der Waals surface area (Å²) in [5.74, 6) is 0.869. The van der Waals surface area contributed by atoms with E-state index >= 15 is 0 Å². The van der Waals surface area contributed by atoms with Crippen LogP contribution in [0, 0.1) is 0 Å². The van der Waals surface area contributed by atoms with Crippen molar-refractivity contribution in [2.24, 2.45) is 0 Å². The predicted octanol–water partition coefficient (Wildman–Crippen LogP) is 4.33. The van der Waals surface area contributed by atoms with E-state index in [1.165, 1.54) is 44.1 Å². The molecule has 0 saturated heterocycles. The molecule has 1 N–H and O–H groups in total. The minimum Gasteiger partial charge on any atom is -0.309 e. The van der Waals surface area contributed by atoms with E-state index in [1.54, 1.807) is 5.56 Å². The number of hydrogen-bond acceptors (Lipinski definition) is 2. The number of nitrogens with one attached hydrogen (secondary N) is 1. The summed E-state index contributed by atoms with van der Waals surface area (Å²) in [5, 5.41) is 4.62. The molecule has 2 unspecified atom stereocenters. The monoisotopic (exact) mass is 275 g/mol. The topological polar surface area (TPSA) is 12.0 Å². The fraction of sp³-hybridized carbons (Fsp3) is 0.647. The van der Waals surface area contributed by atoms with Crippen molar-refractivity contribution in [3.63, 3.8) is 0 Å². The molecule has 0 radical (unpaired) electrons. The van der Waals surface area contributed by atoms with Gasteiger partial charge in [-0.3, -0.25) is 0 Å². The first kappa shape index (κ1) is 13.5. The van der Waals surface area contributed by atoms with Gasteiger partial charge >= 0.3 is 0 Å². The molecule has 0 spiro atoms. The van der Waals surface area contributed by atoms with Crippen LogP contribution in [0.4, 0.5) is 0 Å². The van der Waals surface area contributed by atoms with Gasteiger partial charge in [-0.05, 0) is 49.0 Å². The summed E-state index contributed by atoms with van der Waals surface area (Å²) >= 11 is 2.04. The first-order chi connectivity index (χ1) is 9.36. The summed E-state index contributed by atoms with van der Waals surface area (Å²) in [6, 6.07) is 9.94. The molecule has 2 aliphatic carbocycles. The van der Waals surface area contributed by atoms with Gasteiger partial charge in [-0.15, -0.1) is 0 Å². The third-order valence-electron chi connectivity index (χ3n) is 4.57. The summed E-state index contributed by atoms with van der Waals surface area (Å²) in [5.41, 5.74) is 3.03. The maximum absolute atomic E-state index is 3.80. The van der Waals surface area contributed by atoms with Gasteiger partial charge in [-0.2, -0.15) is 11.8 Å². The van der Waals surface area contributed by atoms with Gasteiger partial charge in [0.1, 0.15) is 0 Å². The van der Waals surface area contributed by atoms with Crippen LogP contribution in [0.25, 0.3) is 0 Å². The van der Waals surface area contributed by atoms with Crippen molar-refractivity contribution in [1.82, 2.24) is 5.32 Å². The molecular formula is C17H25NS. The zero-order chi connectivity index (χ0) is 13.1.